The van der Waals surface area contributed by atoms with Gasteiger partial charge in [0.2, 0.25) is 0 Å². The third kappa shape index (κ3) is 5.39. The first kappa shape index (κ1) is 18.0. The number of esters is 1. The monoisotopic (exact) mass is 307 g/mol. The van der Waals surface area contributed by atoms with Crippen LogP contribution in [0.2, 0.25) is 0 Å². The van der Waals surface area contributed by atoms with E-state index in [1.54, 1.807) is 24.3 Å². The number of carboxylic acid groups (broad SMARTS) is 1. The largest absolute Gasteiger partial charge is 0.480 e. The topological polar surface area (TPSA) is 75.6 Å². The zero-order valence-electron chi connectivity index (χ0n) is 14.1. The highest BCUT2D eigenvalue weighted by molar-refractivity contribution is 5.90. The van der Waals surface area contributed by atoms with Gasteiger partial charge < -0.3 is 15.2 Å². The number of benzene rings is 1. The minimum Gasteiger partial charge on any atom is -0.480 e. The molecule has 0 saturated carbocycles. The van der Waals surface area contributed by atoms with Gasteiger partial charge in [-0.2, -0.15) is 0 Å². The van der Waals surface area contributed by atoms with E-state index in [-0.39, 0.29) is 0 Å². The molecule has 5 nitrogen and oxygen atoms in total. The van der Waals surface area contributed by atoms with Gasteiger partial charge in [-0.05, 0) is 50.5 Å². The number of hydrogen-bond acceptors (Lipinski definition) is 4. The fourth-order valence-electron chi connectivity index (χ4n) is 1.85. The minimum absolute atomic E-state index is 0.398. The van der Waals surface area contributed by atoms with Crippen molar-refractivity contribution in [3.8, 4) is 0 Å². The second kappa shape index (κ2) is 6.38. The average molecular weight is 307 g/mol. The van der Waals surface area contributed by atoms with Crippen molar-refractivity contribution in [2.24, 2.45) is 5.41 Å². The SMILES string of the molecule is CC(C)(C)OC(=O)c1ccc(NC(C(=O)O)C(C)(C)C)cc1. The molecule has 2 N–H and O–H groups in total. The van der Waals surface area contributed by atoms with E-state index in [0.717, 1.165) is 0 Å². The molecule has 1 atom stereocenters. The number of anilines is 1. The van der Waals surface area contributed by atoms with E-state index in [9.17, 15) is 14.7 Å². The number of ether oxygens (including phenoxy) is 1. The van der Waals surface area contributed by atoms with Crippen LogP contribution in [0.1, 0.15) is 51.9 Å². The van der Waals surface area contributed by atoms with Gasteiger partial charge in [0, 0.05) is 5.69 Å². The van der Waals surface area contributed by atoms with Crippen LogP contribution in [0.3, 0.4) is 0 Å². The van der Waals surface area contributed by atoms with Crippen LogP contribution in [0.4, 0.5) is 5.69 Å². The molecule has 1 rings (SSSR count). The standard InChI is InChI=1S/C17H25NO4/c1-16(2,3)13(14(19)20)18-12-9-7-11(8-10-12)15(21)22-17(4,5)6/h7-10,13,18H,1-6H3,(H,19,20). The molecule has 1 unspecified atom stereocenters. The number of carbonyl (C=O) groups is 2. The molecule has 0 aliphatic rings. The first-order valence-electron chi connectivity index (χ1n) is 7.23. The molecule has 0 heterocycles. The van der Waals surface area contributed by atoms with Gasteiger partial charge in [-0.3, -0.25) is 0 Å². The summed E-state index contributed by atoms with van der Waals surface area (Å²) >= 11 is 0. The molecule has 22 heavy (non-hydrogen) atoms. The summed E-state index contributed by atoms with van der Waals surface area (Å²) in [5, 5.41) is 12.3. The Hall–Kier alpha value is -2.04. The van der Waals surface area contributed by atoms with Gasteiger partial charge in [0.1, 0.15) is 11.6 Å². The molecule has 0 amide bonds. The molecule has 5 heteroatoms. The van der Waals surface area contributed by atoms with Crippen LogP contribution in [0.25, 0.3) is 0 Å². The Bertz CT molecular complexity index is 535. The molecule has 122 valence electrons. The lowest BCUT2D eigenvalue weighted by Gasteiger charge is -2.28. The Morgan fingerprint density at radius 2 is 1.55 bits per heavy atom. The average Bonchev–Trinajstić information content (AvgIpc) is 2.32. The fraction of sp³-hybridized carbons (Fsp3) is 0.529. The van der Waals surface area contributed by atoms with Crippen LogP contribution >= 0.6 is 0 Å². The zero-order chi connectivity index (χ0) is 17.1. The number of nitrogens with one attached hydrogen (secondary N) is 1. The van der Waals surface area contributed by atoms with Crippen LogP contribution in [-0.2, 0) is 9.53 Å². The van der Waals surface area contributed by atoms with E-state index in [1.165, 1.54) is 0 Å². The van der Waals surface area contributed by atoms with Crippen LogP contribution < -0.4 is 5.32 Å². The summed E-state index contributed by atoms with van der Waals surface area (Å²) < 4.78 is 5.28. The smallest absolute Gasteiger partial charge is 0.338 e. The molecule has 0 aliphatic heterocycles. The van der Waals surface area contributed by atoms with E-state index in [0.29, 0.717) is 11.3 Å². The quantitative estimate of drug-likeness (QED) is 0.832. The van der Waals surface area contributed by atoms with Gasteiger partial charge >= 0.3 is 11.9 Å². The first-order valence-corrected chi connectivity index (χ1v) is 7.23. The lowest BCUT2D eigenvalue weighted by Crippen LogP contribution is -2.41. The Morgan fingerprint density at radius 1 is 1.05 bits per heavy atom. The summed E-state index contributed by atoms with van der Waals surface area (Å²) in [4.78, 5) is 23.3. The first-order chi connectivity index (χ1) is 9.90. The van der Waals surface area contributed by atoms with Gasteiger partial charge in [-0.25, -0.2) is 9.59 Å². The maximum absolute atomic E-state index is 11.9. The second-order valence-corrected chi connectivity index (χ2v) is 7.36. The Morgan fingerprint density at radius 3 is 1.91 bits per heavy atom. The summed E-state index contributed by atoms with van der Waals surface area (Å²) in [7, 11) is 0. The molecular weight excluding hydrogens is 282 g/mol. The second-order valence-electron chi connectivity index (χ2n) is 7.36. The third-order valence-electron chi connectivity index (χ3n) is 2.94. The summed E-state index contributed by atoms with van der Waals surface area (Å²) in [6, 6.07) is 5.89. The molecule has 0 saturated heterocycles. The minimum atomic E-state index is -0.913. The normalized spacial score (nSPS) is 13.4. The maximum Gasteiger partial charge on any atom is 0.338 e. The number of aliphatic carboxylic acids is 1. The van der Waals surface area contributed by atoms with Crippen molar-refractivity contribution in [2.75, 3.05) is 5.32 Å². The fourth-order valence-corrected chi connectivity index (χ4v) is 1.85. The van der Waals surface area contributed by atoms with Crippen LogP contribution in [-0.4, -0.2) is 28.7 Å². The van der Waals surface area contributed by atoms with Crippen molar-refractivity contribution >= 4 is 17.6 Å². The highest BCUT2D eigenvalue weighted by atomic mass is 16.6. The predicted octanol–water partition coefficient (Wildman–Crippen LogP) is 3.55. The molecule has 0 aliphatic carbocycles. The highest BCUT2D eigenvalue weighted by Crippen LogP contribution is 2.24. The zero-order valence-corrected chi connectivity index (χ0v) is 14.1. The van der Waals surface area contributed by atoms with Crippen molar-refractivity contribution in [3.63, 3.8) is 0 Å². The number of hydrogen-bond donors (Lipinski definition) is 2. The lowest BCUT2D eigenvalue weighted by atomic mass is 9.86. The highest BCUT2D eigenvalue weighted by Gasteiger charge is 2.31. The van der Waals surface area contributed by atoms with Gasteiger partial charge in [0.25, 0.3) is 0 Å². The molecule has 0 radical (unpaired) electrons. The molecule has 0 spiro atoms. The van der Waals surface area contributed by atoms with Crippen molar-refractivity contribution in [1.29, 1.82) is 0 Å². The lowest BCUT2D eigenvalue weighted by molar-refractivity contribution is -0.140. The van der Waals surface area contributed by atoms with Crippen LogP contribution in [0.15, 0.2) is 24.3 Å². The molecule has 1 aromatic carbocycles. The molecule has 0 aromatic heterocycles. The summed E-state index contributed by atoms with van der Waals surface area (Å²) in [5.74, 6) is -1.31. The Kier molecular flexibility index (Phi) is 5.22. The molecule has 0 bridgehead atoms. The van der Waals surface area contributed by atoms with Gasteiger partial charge in [-0.1, -0.05) is 20.8 Å². The number of carbonyl (C=O) groups excluding carboxylic acids is 1. The van der Waals surface area contributed by atoms with Crippen molar-refractivity contribution in [3.05, 3.63) is 29.8 Å². The van der Waals surface area contributed by atoms with E-state index < -0.39 is 29.0 Å². The van der Waals surface area contributed by atoms with Crippen molar-refractivity contribution in [1.82, 2.24) is 0 Å². The van der Waals surface area contributed by atoms with E-state index in [2.05, 4.69) is 5.32 Å². The molecule has 1 aromatic rings. The Balaban J connectivity index is 2.85. The summed E-state index contributed by atoms with van der Waals surface area (Å²) in [6.07, 6.45) is 0. The molecule has 0 fully saturated rings. The number of rotatable bonds is 4. The van der Waals surface area contributed by atoms with Gasteiger partial charge in [0.15, 0.2) is 0 Å². The van der Waals surface area contributed by atoms with E-state index >= 15 is 0 Å². The predicted molar refractivity (Wildman–Crippen MR) is 86.1 cm³/mol. The van der Waals surface area contributed by atoms with Gasteiger partial charge in [-0.15, -0.1) is 0 Å². The maximum atomic E-state index is 11.9. The van der Waals surface area contributed by atoms with Crippen molar-refractivity contribution < 1.29 is 19.4 Å². The van der Waals surface area contributed by atoms with Crippen molar-refractivity contribution in [2.45, 2.75) is 53.2 Å². The summed E-state index contributed by atoms with van der Waals surface area (Å²) in [6.45, 7) is 11.0. The van der Waals surface area contributed by atoms with E-state index in [4.69, 9.17) is 4.74 Å². The summed E-state index contributed by atoms with van der Waals surface area (Å²) in [5.41, 5.74) is 0.0994. The Labute approximate surface area is 131 Å². The number of carboxylic acids is 1. The molecular formula is C17H25NO4. The van der Waals surface area contributed by atoms with Crippen LogP contribution in [0, 0.1) is 5.41 Å². The van der Waals surface area contributed by atoms with Crippen LogP contribution in [0.5, 0.6) is 0 Å². The van der Waals surface area contributed by atoms with E-state index in [1.807, 2.05) is 41.5 Å². The third-order valence-corrected chi connectivity index (χ3v) is 2.94. The van der Waals surface area contributed by atoms with Gasteiger partial charge in [0.05, 0.1) is 5.56 Å².